The first-order chi connectivity index (χ1) is 20.0. The molecular formula is C20H31BN3O14P3S2. The normalized spacial score (nSPS) is 38.1. The Balaban J connectivity index is 1.02. The maximum atomic E-state index is 12.4. The van der Waals surface area contributed by atoms with Crippen molar-refractivity contribution in [2.24, 2.45) is 35.5 Å². The standard InChI is InChI=1S/C20H31BN3O14P3S2/c1-20(2,21-36-18-16-12-13(16)15-14(12)17(15)18)43-42-7-33-8-5-11(24-4-3-10(22)23-19(24)25)35-9(8)6-34-40(29,30)38-41(31,32)37-39(26,27)28/h3-4,8-9,11-18,21H,5-7H2,1-2H3,(H,29,30)(H,31,32)(H2,22,23,25)(H2,26,27,28)/t8-,9?,11-,12?,13?,14?,15?,16?,17?,18?/m1/s1. The second kappa shape index (κ2) is 11.5. The predicted octanol–water partition coefficient (Wildman–Crippen LogP) is 1.40. The molecule has 5 atom stereocenters. The molecule has 2 heterocycles. The van der Waals surface area contributed by atoms with E-state index in [1.54, 1.807) is 10.8 Å². The van der Waals surface area contributed by atoms with E-state index in [0.29, 0.717) is 13.6 Å². The van der Waals surface area contributed by atoms with Crippen LogP contribution < -0.4 is 11.4 Å². The summed E-state index contributed by atoms with van der Waals surface area (Å²) in [4.78, 5) is 52.7. The van der Waals surface area contributed by atoms with Crippen molar-refractivity contribution in [3.8, 4) is 0 Å². The van der Waals surface area contributed by atoms with E-state index in [-0.39, 0.29) is 22.8 Å². The van der Waals surface area contributed by atoms with Crippen LogP contribution in [0.4, 0.5) is 5.82 Å². The van der Waals surface area contributed by atoms with Crippen LogP contribution in [0.2, 0.25) is 0 Å². The summed E-state index contributed by atoms with van der Waals surface area (Å²) in [6.45, 7) is 3.44. The summed E-state index contributed by atoms with van der Waals surface area (Å²) < 4.78 is 66.1. The van der Waals surface area contributed by atoms with E-state index < -0.39 is 54.2 Å². The molecule has 1 aromatic heterocycles. The molecule has 2 bridgehead atoms. The predicted molar refractivity (Wildman–Crippen MR) is 153 cm³/mol. The van der Waals surface area contributed by atoms with E-state index in [1.165, 1.54) is 23.1 Å². The number of nitrogens with zero attached hydrogens (tertiary/aromatic N) is 2. The highest BCUT2D eigenvalue weighted by Gasteiger charge is 2.92. The summed E-state index contributed by atoms with van der Waals surface area (Å²) in [7, 11) is -13.0. The molecule has 17 nitrogen and oxygen atoms in total. The maximum absolute atomic E-state index is 12.4. The first-order valence-electron chi connectivity index (χ1n) is 13.3. The lowest BCUT2D eigenvalue weighted by Gasteiger charge is -2.25. The fourth-order valence-corrected chi connectivity index (χ4v) is 12.1. The van der Waals surface area contributed by atoms with Gasteiger partial charge in [-0.05, 0) is 41.6 Å². The van der Waals surface area contributed by atoms with Gasteiger partial charge in [-0.2, -0.15) is 13.6 Å². The van der Waals surface area contributed by atoms with Gasteiger partial charge in [-0.25, -0.2) is 18.5 Å². The van der Waals surface area contributed by atoms with Crippen molar-refractivity contribution in [2.75, 3.05) is 18.3 Å². The molecule has 0 aromatic carbocycles. The molecule has 6 aliphatic rings. The third kappa shape index (κ3) is 7.04. The van der Waals surface area contributed by atoms with Crippen LogP contribution in [0, 0.1) is 35.5 Å². The van der Waals surface area contributed by atoms with Crippen LogP contribution in [0.25, 0.3) is 0 Å². The van der Waals surface area contributed by atoms with Crippen molar-refractivity contribution in [3.05, 3.63) is 22.7 Å². The third-order valence-electron chi connectivity index (χ3n) is 8.43. The van der Waals surface area contributed by atoms with Crippen LogP contribution in [0.3, 0.4) is 0 Å². The average molecular weight is 705 g/mol. The molecule has 1 saturated heterocycles. The van der Waals surface area contributed by atoms with E-state index in [0.717, 1.165) is 40.1 Å². The number of hydrogen-bond acceptors (Lipinski definition) is 14. The minimum absolute atomic E-state index is 0.000602. The van der Waals surface area contributed by atoms with E-state index in [1.807, 2.05) is 0 Å². The van der Waals surface area contributed by atoms with Gasteiger partial charge in [0.25, 0.3) is 7.48 Å². The number of rotatable bonds is 16. The van der Waals surface area contributed by atoms with Crippen LogP contribution in [0.1, 0.15) is 26.5 Å². The number of phosphoric ester groups is 1. The van der Waals surface area contributed by atoms with Gasteiger partial charge < -0.3 is 39.4 Å². The van der Waals surface area contributed by atoms with E-state index in [2.05, 4.69) is 27.5 Å². The van der Waals surface area contributed by atoms with Crippen molar-refractivity contribution < 1.29 is 60.5 Å². The van der Waals surface area contributed by atoms with Crippen molar-refractivity contribution in [1.82, 2.24) is 9.55 Å². The number of phosphoric acid groups is 3. The highest BCUT2D eigenvalue weighted by atomic mass is 33.1. The van der Waals surface area contributed by atoms with Crippen molar-refractivity contribution in [2.45, 2.75) is 49.5 Å². The summed E-state index contributed by atoms with van der Waals surface area (Å²) in [5.41, 5.74) is 4.85. The van der Waals surface area contributed by atoms with E-state index in [9.17, 15) is 28.3 Å². The van der Waals surface area contributed by atoms with Gasteiger partial charge in [-0.3, -0.25) is 9.09 Å². The van der Waals surface area contributed by atoms with Gasteiger partial charge in [-0.15, -0.1) is 0 Å². The first-order valence-corrected chi connectivity index (χ1v) is 20.1. The van der Waals surface area contributed by atoms with Crippen molar-refractivity contribution >= 4 is 58.4 Å². The summed E-state index contributed by atoms with van der Waals surface area (Å²) in [5, 5.41) is 0. The van der Waals surface area contributed by atoms with Crippen LogP contribution in [-0.4, -0.2) is 72.1 Å². The van der Waals surface area contributed by atoms with Gasteiger partial charge in [0.15, 0.2) is 0 Å². The summed E-state index contributed by atoms with van der Waals surface area (Å²) in [5.74, 6) is 5.44. The monoisotopic (exact) mass is 705 g/mol. The maximum Gasteiger partial charge on any atom is 0.490 e. The second-order valence-corrected chi connectivity index (χ2v) is 19.2. The molecule has 43 heavy (non-hydrogen) atoms. The minimum Gasteiger partial charge on any atom is -0.435 e. The Kier molecular flexibility index (Phi) is 8.71. The molecular weight excluding hydrogens is 674 g/mol. The Morgan fingerprint density at radius 1 is 1.09 bits per heavy atom. The fourth-order valence-electron chi connectivity index (χ4n) is 6.96. The Morgan fingerprint density at radius 3 is 2.35 bits per heavy atom. The zero-order valence-electron chi connectivity index (χ0n) is 22.8. The van der Waals surface area contributed by atoms with E-state index in [4.69, 9.17) is 34.2 Å². The smallest absolute Gasteiger partial charge is 0.435 e. The number of aromatic nitrogens is 2. The molecule has 6 N–H and O–H groups in total. The first kappa shape index (κ1) is 32.7. The van der Waals surface area contributed by atoms with Crippen LogP contribution in [-0.2, 0) is 41.0 Å². The van der Waals surface area contributed by atoms with Crippen LogP contribution in [0.5, 0.6) is 0 Å². The Hall–Kier alpha value is -0.265. The lowest BCUT2D eigenvalue weighted by atomic mass is 9.82. The second-order valence-electron chi connectivity index (χ2n) is 11.8. The van der Waals surface area contributed by atoms with Gasteiger partial charge in [0.1, 0.15) is 24.1 Å². The molecule has 5 saturated carbocycles. The highest BCUT2D eigenvalue weighted by Crippen LogP contribution is 2.92. The van der Waals surface area contributed by atoms with Gasteiger partial charge in [0, 0.05) is 23.4 Å². The molecule has 0 amide bonds. The number of nitrogens with two attached hydrogens (primary N) is 1. The molecule has 0 spiro atoms. The Morgan fingerprint density at radius 2 is 1.74 bits per heavy atom. The molecule has 240 valence electrons. The van der Waals surface area contributed by atoms with Crippen LogP contribution >= 0.6 is 45.1 Å². The van der Waals surface area contributed by atoms with Crippen molar-refractivity contribution in [3.63, 3.8) is 0 Å². The highest BCUT2D eigenvalue weighted by molar-refractivity contribution is 8.77. The zero-order chi connectivity index (χ0) is 31.1. The average Bonchev–Trinajstić information content (AvgIpc) is 3.46. The fraction of sp³-hybridized carbons (Fsp3) is 0.800. The molecule has 5 aliphatic carbocycles. The SMILES string of the molecule is CC(C)(BOC1C2C3C2C2C1C32)SSCO[C@@H]1C[C@H](n2ccc(N)nc2=O)OC1COP(=O)(O)OP(=O)(O)OP(=O)(O)O. The number of anilines is 1. The quantitative estimate of drug-likeness (QED) is 0.0536. The summed E-state index contributed by atoms with van der Waals surface area (Å²) >= 11 is 0. The van der Waals surface area contributed by atoms with E-state index >= 15 is 0 Å². The molecule has 1 aromatic rings. The van der Waals surface area contributed by atoms with Gasteiger partial charge in [-0.1, -0.05) is 35.4 Å². The number of ether oxygens (including phenoxy) is 2. The third-order valence-corrected chi connectivity index (χ3v) is 15.1. The number of hydrogen-bond donors (Lipinski definition) is 5. The van der Waals surface area contributed by atoms with Crippen LogP contribution in [0.15, 0.2) is 17.1 Å². The molecule has 7 rings (SSSR count). The van der Waals surface area contributed by atoms with Gasteiger partial charge in [0.05, 0.1) is 12.7 Å². The Labute approximate surface area is 254 Å². The summed E-state index contributed by atoms with van der Waals surface area (Å²) in [6.07, 6.45) is -0.917. The number of nitrogen functional groups attached to an aromatic ring is 1. The van der Waals surface area contributed by atoms with Gasteiger partial charge in [0.2, 0.25) is 0 Å². The van der Waals surface area contributed by atoms with Crippen molar-refractivity contribution in [1.29, 1.82) is 0 Å². The zero-order valence-corrected chi connectivity index (χ0v) is 27.1. The molecule has 23 heteroatoms. The largest absolute Gasteiger partial charge is 0.490 e. The molecule has 6 fully saturated rings. The molecule has 3 unspecified atom stereocenters. The lowest BCUT2D eigenvalue weighted by Crippen LogP contribution is -2.31. The molecule has 0 radical (unpaired) electrons. The molecule has 1 aliphatic heterocycles. The summed E-state index contributed by atoms with van der Waals surface area (Å²) in [6, 6.07) is 1.39. The lowest BCUT2D eigenvalue weighted by molar-refractivity contribution is -0.0542. The van der Waals surface area contributed by atoms with Gasteiger partial charge >= 0.3 is 29.2 Å². The topological polar surface area (TPSA) is 248 Å². The minimum atomic E-state index is -5.69. The Bertz CT molecular complexity index is 1420.